The average Bonchev–Trinajstić information content (AvgIpc) is 3.07. The Morgan fingerprint density at radius 1 is 0.488 bits per heavy atom. The maximum Gasteiger partial charge on any atom is 0.219 e. The highest BCUT2D eigenvalue weighted by Gasteiger charge is 2.39. The average molecular weight is 554 g/mol. The van der Waals surface area contributed by atoms with Crippen LogP contribution >= 0.6 is 0 Å². The number of ether oxygens (including phenoxy) is 1. The largest absolute Gasteiger partial charge is 0.438 e. The number of hydrogen-bond donors (Lipinski definition) is 0. The number of para-hydroxylation sites is 1. The monoisotopic (exact) mass is 553 g/mol. The summed E-state index contributed by atoms with van der Waals surface area (Å²) in [5.74, 6) is 1.35. The highest BCUT2D eigenvalue weighted by atomic mass is 16.5. The van der Waals surface area contributed by atoms with Crippen LogP contribution in [0.1, 0.15) is 27.8 Å². The first-order valence-corrected chi connectivity index (χ1v) is 14.6. The predicted molar refractivity (Wildman–Crippen MR) is 177 cm³/mol. The van der Waals surface area contributed by atoms with Crippen LogP contribution in [0.2, 0.25) is 0 Å². The van der Waals surface area contributed by atoms with Crippen LogP contribution in [0, 0.1) is 6.92 Å². The highest BCUT2D eigenvalue weighted by Crippen LogP contribution is 2.47. The molecule has 206 valence electrons. The number of benzene rings is 6. The van der Waals surface area contributed by atoms with Crippen LogP contribution in [0.25, 0.3) is 22.0 Å². The van der Waals surface area contributed by atoms with Crippen molar-refractivity contribution in [2.24, 2.45) is 0 Å². The number of pyridine rings is 1. The Labute approximate surface area is 252 Å². The maximum absolute atomic E-state index is 6.63. The molecule has 0 saturated carbocycles. The summed E-state index contributed by atoms with van der Waals surface area (Å²) in [5, 5.41) is 1.06. The van der Waals surface area contributed by atoms with Crippen molar-refractivity contribution in [2.45, 2.75) is 12.3 Å². The molecule has 43 heavy (non-hydrogen) atoms. The molecule has 0 aliphatic heterocycles. The summed E-state index contributed by atoms with van der Waals surface area (Å²) in [5.41, 5.74) is 8.29. The molecule has 0 radical (unpaired) electrons. The summed E-state index contributed by atoms with van der Waals surface area (Å²) in [7, 11) is 0. The molecule has 0 bridgehead atoms. The summed E-state index contributed by atoms with van der Waals surface area (Å²) < 4.78 is 6.63. The third-order valence-corrected chi connectivity index (χ3v) is 8.23. The fourth-order valence-corrected chi connectivity index (χ4v) is 6.33. The molecule has 0 atom stereocenters. The molecule has 0 spiro atoms. The van der Waals surface area contributed by atoms with Crippen molar-refractivity contribution >= 4 is 10.9 Å². The van der Waals surface area contributed by atoms with E-state index < -0.39 is 5.41 Å². The summed E-state index contributed by atoms with van der Waals surface area (Å²) in [6.07, 6.45) is 0. The Morgan fingerprint density at radius 3 is 1.60 bits per heavy atom. The van der Waals surface area contributed by atoms with E-state index in [0.717, 1.165) is 38.9 Å². The van der Waals surface area contributed by atoms with E-state index in [-0.39, 0.29) is 0 Å². The summed E-state index contributed by atoms with van der Waals surface area (Å²) in [4.78, 5) is 5.26. The lowest BCUT2D eigenvalue weighted by molar-refractivity contribution is 0.466. The maximum atomic E-state index is 6.63. The van der Waals surface area contributed by atoms with E-state index in [1.807, 2.05) is 24.3 Å². The van der Waals surface area contributed by atoms with Crippen LogP contribution < -0.4 is 4.74 Å². The lowest BCUT2D eigenvalue weighted by Crippen LogP contribution is -2.31. The standard InChI is InChI=1S/C41H31NO/c1-30-16-14-27-37(39(30)31-17-6-2-7-18-31)43-38-29-28-32-19-15-26-36(40(32)42-38)41(33-20-8-3-9-21-33,34-22-10-4-11-23-34)35-24-12-5-13-25-35/h2-29H,1H3. The van der Waals surface area contributed by atoms with Crippen molar-refractivity contribution in [1.82, 2.24) is 4.98 Å². The molecule has 0 saturated heterocycles. The summed E-state index contributed by atoms with van der Waals surface area (Å²) in [6, 6.07) is 59.4. The van der Waals surface area contributed by atoms with Crippen LogP contribution in [-0.2, 0) is 5.41 Å². The molecule has 6 aromatic carbocycles. The Morgan fingerprint density at radius 2 is 1.02 bits per heavy atom. The Hall–Kier alpha value is -5.47. The molecule has 0 N–H and O–H groups in total. The van der Waals surface area contributed by atoms with Gasteiger partial charge in [-0.15, -0.1) is 0 Å². The van der Waals surface area contributed by atoms with Gasteiger partial charge in [-0.1, -0.05) is 152 Å². The van der Waals surface area contributed by atoms with Crippen molar-refractivity contribution in [3.05, 3.63) is 198 Å². The number of rotatable bonds is 7. The van der Waals surface area contributed by atoms with Gasteiger partial charge in [0.1, 0.15) is 5.75 Å². The van der Waals surface area contributed by atoms with Crippen LogP contribution in [0.4, 0.5) is 0 Å². The quantitative estimate of drug-likeness (QED) is 0.183. The van der Waals surface area contributed by atoms with Gasteiger partial charge in [0.05, 0.1) is 10.9 Å². The van der Waals surface area contributed by atoms with Crippen LogP contribution in [0.3, 0.4) is 0 Å². The summed E-state index contributed by atoms with van der Waals surface area (Å²) >= 11 is 0. The van der Waals surface area contributed by atoms with Gasteiger partial charge in [-0.2, -0.15) is 0 Å². The third-order valence-electron chi connectivity index (χ3n) is 8.23. The van der Waals surface area contributed by atoms with Gasteiger partial charge in [0.15, 0.2) is 0 Å². The van der Waals surface area contributed by atoms with E-state index in [1.54, 1.807) is 0 Å². The van der Waals surface area contributed by atoms with E-state index in [4.69, 9.17) is 9.72 Å². The normalized spacial score (nSPS) is 11.4. The topological polar surface area (TPSA) is 22.1 Å². The Balaban J connectivity index is 1.47. The van der Waals surface area contributed by atoms with E-state index in [1.165, 1.54) is 16.7 Å². The molecule has 2 heteroatoms. The second-order valence-electron chi connectivity index (χ2n) is 10.8. The highest BCUT2D eigenvalue weighted by molar-refractivity contribution is 5.86. The van der Waals surface area contributed by atoms with Crippen molar-refractivity contribution < 1.29 is 4.74 Å². The van der Waals surface area contributed by atoms with E-state index in [9.17, 15) is 0 Å². The molecule has 0 aliphatic rings. The van der Waals surface area contributed by atoms with Crippen LogP contribution in [0.15, 0.2) is 170 Å². The molecule has 7 rings (SSSR count). The van der Waals surface area contributed by atoms with Crippen molar-refractivity contribution in [3.63, 3.8) is 0 Å². The molecule has 1 heterocycles. The second kappa shape index (κ2) is 11.4. The molecule has 0 fully saturated rings. The van der Waals surface area contributed by atoms with Gasteiger partial charge in [-0.3, -0.25) is 0 Å². The zero-order valence-corrected chi connectivity index (χ0v) is 24.0. The Bertz CT molecular complexity index is 1890. The zero-order chi connectivity index (χ0) is 29.1. The number of nitrogens with zero attached hydrogens (tertiary/aromatic N) is 1. The minimum Gasteiger partial charge on any atom is -0.438 e. The first-order chi connectivity index (χ1) is 21.2. The van der Waals surface area contributed by atoms with Crippen LogP contribution in [0.5, 0.6) is 11.6 Å². The van der Waals surface area contributed by atoms with Gasteiger partial charge in [-0.25, -0.2) is 4.98 Å². The lowest BCUT2D eigenvalue weighted by Gasteiger charge is -2.37. The first kappa shape index (κ1) is 26.4. The zero-order valence-electron chi connectivity index (χ0n) is 24.0. The summed E-state index contributed by atoms with van der Waals surface area (Å²) in [6.45, 7) is 2.12. The molecular formula is C41H31NO. The van der Waals surface area contributed by atoms with Gasteiger partial charge in [-0.05, 0) is 52.4 Å². The SMILES string of the molecule is Cc1cccc(Oc2ccc3cccc(C(c4ccccc4)(c4ccccc4)c4ccccc4)c3n2)c1-c1ccccc1. The minimum absolute atomic E-state index is 0.561. The molecular weight excluding hydrogens is 522 g/mol. The van der Waals surface area contributed by atoms with E-state index in [0.29, 0.717) is 5.88 Å². The van der Waals surface area contributed by atoms with Gasteiger partial charge in [0.25, 0.3) is 0 Å². The third kappa shape index (κ3) is 4.77. The fourth-order valence-electron chi connectivity index (χ4n) is 6.33. The van der Waals surface area contributed by atoms with E-state index in [2.05, 4.69) is 153 Å². The molecule has 0 aliphatic carbocycles. The lowest BCUT2D eigenvalue weighted by atomic mass is 9.64. The molecule has 0 amide bonds. The first-order valence-electron chi connectivity index (χ1n) is 14.6. The number of aryl methyl sites for hydroxylation is 1. The smallest absolute Gasteiger partial charge is 0.219 e. The van der Waals surface area contributed by atoms with Gasteiger partial charge in [0, 0.05) is 17.0 Å². The minimum atomic E-state index is -0.604. The number of fused-ring (bicyclic) bond motifs is 1. The number of hydrogen-bond acceptors (Lipinski definition) is 2. The van der Waals surface area contributed by atoms with Crippen molar-refractivity contribution in [3.8, 4) is 22.8 Å². The van der Waals surface area contributed by atoms with Gasteiger partial charge < -0.3 is 4.74 Å². The fraction of sp³-hybridized carbons (Fsp3) is 0.0488. The van der Waals surface area contributed by atoms with Crippen molar-refractivity contribution in [1.29, 1.82) is 0 Å². The Kier molecular flexibility index (Phi) is 7.02. The molecule has 7 aromatic rings. The number of aromatic nitrogens is 1. The second-order valence-corrected chi connectivity index (χ2v) is 10.8. The predicted octanol–water partition coefficient (Wildman–Crippen LogP) is 10.4. The van der Waals surface area contributed by atoms with Crippen LogP contribution in [-0.4, -0.2) is 4.98 Å². The van der Waals surface area contributed by atoms with E-state index >= 15 is 0 Å². The molecule has 1 aromatic heterocycles. The molecule has 2 nitrogen and oxygen atoms in total. The van der Waals surface area contributed by atoms with Gasteiger partial charge >= 0.3 is 0 Å². The van der Waals surface area contributed by atoms with Gasteiger partial charge in [0.2, 0.25) is 5.88 Å². The molecule has 0 unspecified atom stereocenters. The van der Waals surface area contributed by atoms with Crippen molar-refractivity contribution in [2.75, 3.05) is 0 Å².